The smallest absolute Gasteiger partial charge is 0.320 e. The number of carbonyl (C=O) groups excluding carboxylic acids is 2. The molecule has 0 bridgehead atoms. The number of ether oxygens (including phenoxy) is 1. The van der Waals surface area contributed by atoms with Crippen molar-refractivity contribution in [1.29, 1.82) is 0 Å². The molecule has 0 spiro atoms. The molecule has 0 unspecified atom stereocenters. The lowest BCUT2D eigenvalue weighted by Crippen LogP contribution is -2.46. The molecule has 0 fully saturated rings. The third-order valence-corrected chi connectivity index (χ3v) is 2.64. The molecule has 6 heteroatoms. The fraction of sp³-hybridized carbons (Fsp3) is 0.231. The zero-order valence-electron chi connectivity index (χ0n) is 10.3. The van der Waals surface area contributed by atoms with Gasteiger partial charge in [-0.3, -0.25) is 0 Å². The van der Waals surface area contributed by atoms with E-state index in [1.807, 2.05) is 6.92 Å². The molecule has 0 aliphatic carbocycles. The van der Waals surface area contributed by atoms with Crippen LogP contribution in [-0.2, 0) is 4.79 Å². The molecule has 1 aliphatic rings. The molecule has 0 aromatic heterocycles. The van der Waals surface area contributed by atoms with Gasteiger partial charge in [0.05, 0.1) is 24.3 Å². The lowest BCUT2D eigenvalue weighted by Gasteiger charge is -2.24. The highest BCUT2D eigenvalue weighted by molar-refractivity contribution is 5.92. The van der Waals surface area contributed by atoms with Crippen molar-refractivity contribution >= 4 is 12.0 Å². The number of carboxylic acids is 1. The maximum absolute atomic E-state index is 11.4. The van der Waals surface area contributed by atoms with Gasteiger partial charge >= 0.3 is 6.03 Å². The first-order valence-electron chi connectivity index (χ1n) is 5.83. The largest absolute Gasteiger partial charge is 0.543 e. The Bertz CT molecular complexity index is 522. The number of hydrogen-bond donors (Lipinski definition) is 2. The van der Waals surface area contributed by atoms with Crippen molar-refractivity contribution in [3.05, 3.63) is 41.6 Å². The quantitative estimate of drug-likeness (QED) is 0.802. The highest BCUT2D eigenvalue weighted by Gasteiger charge is 2.19. The summed E-state index contributed by atoms with van der Waals surface area (Å²) >= 11 is 0. The van der Waals surface area contributed by atoms with Crippen LogP contribution < -0.4 is 20.5 Å². The highest BCUT2D eigenvalue weighted by Crippen LogP contribution is 2.21. The molecule has 19 heavy (non-hydrogen) atoms. The molecule has 100 valence electrons. The zero-order chi connectivity index (χ0) is 13.8. The summed E-state index contributed by atoms with van der Waals surface area (Å²) in [5.41, 5.74) is 0.527. The number of hydrogen-bond acceptors (Lipinski definition) is 4. The molecule has 2 amide bonds. The molecule has 1 heterocycles. The molecule has 2 rings (SSSR count). The van der Waals surface area contributed by atoms with Crippen LogP contribution in [0, 0.1) is 0 Å². The highest BCUT2D eigenvalue weighted by atomic mass is 16.5. The average Bonchev–Trinajstić information content (AvgIpc) is 2.39. The van der Waals surface area contributed by atoms with E-state index in [2.05, 4.69) is 10.6 Å². The number of nitrogens with one attached hydrogen (secondary N) is 2. The maximum Gasteiger partial charge on any atom is 0.320 e. The molecular formula is C13H13N2O4-. The molecule has 1 aliphatic heterocycles. The number of carboxylic acid groups (broad SMARTS) is 1. The van der Waals surface area contributed by atoms with Crippen LogP contribution in [0.5, 0.6) is 5.75 Å². The van der Waals surface area contributed by atoms with Gasteiger partial charge in [0, 0.05) is 0 Å². The van der Waals surface area contributed by atoms with Gasteiger partial charge in [0.15, 0.2) is 0 Å². The van der Waals surface area contributed by atoms with Gasteiger partial charge in [-0.05, 0) is 30.7 Å². The minimum Gasteiger partial charge on any atom is -0.543 e. The Morgan fingerprint density at radius 3 is 2.63 bits per heavy atom. The SMILES string of the molecule is CCOc1ccc([C@H]2C=C(C(=O)[O-])NC(=O)N2)cc1. The first kappa shape index (κ1) is 12.9. The number of amides is 2. The van der Waals surface area contributed by atoms with E-state index < -0.39 is 18.0 Å². The minimum absolute atomic E-state index is 0.234. The molecule has 1 atom stereocenters. The van der Waals surface area contributed by atoms with Crippen LogP contribution in [0.15, 0.2) is 36.0 Å². The lowest BCUT2D eigenvalue weighted by molar-refractivity contribution is -0.299. The number of carbonyl (C=O) groups is 2. The summed E-state index contributed by atoms with van der Waals surface area (Å²) in [6, 6.07) is 5.99. The molecule has 1 aromatic rings. The van der Waals surface area contributed by atoms with Crippen LogP contribution >= 0.6 is 0 Å². The minimum atomic E-state index is -1.41. The van der Waals surface area contributed by atoms with Crippen LogP contribution in [0.3, 0.4) is 0 Å². The van der Waals surface area contributed by atoms with Crippen LogP contribution in [0.1, 0.15) is 18.5 Å². The third kappa shape index (κ3) is 3.04. The Labute approximate surface area is 110 Å². The van der Waals surface area contributed by atoms with Gasteiger partial charge in [-0.1, -0.05) is 12.1 Å². The van der Waals surface area contributed by atoms with Crippen molar-refractivity contribution in [3.8, 4) is 5.75 Å². The standard InChI is InChI=1S/C13H14N2O4/c1-2-19-9-5-3-8(4-6-9)10-7-11(12(16)17)15-13(18)14-10/h3-7,10H,2H2,1H3,(H,16,17)(H2,14,15,18)/p-1/t10-/m1/s1. The second kappa shape index (κ2) is 5.43. The summed E-state index contributed by atoms with van der Waals surface area (Å²) in [5, 5.41) is 15.6. The van der Waals surface area contributed by atoms with Crippen molar-refractivity contribution in [3.63, 3.8) is 0 Å². The summed E-state index contributed by atoms with van der Waals surface area (Å²) < 4.78 is 5.31. The molecular weight excluding hydrogens is 248 g/mol. The Balaban J connectivity index is 2.22. The number of benzene rings is 1. The van der Waals surface area contributed by atoms with E-state index in [0.717, 1.165) is 11.3 Å². The Hall–Kier alpha value is -2.50. The van der Waals surface area contributed by atoms with Crippen molar-refractivity contribution < 1.29 is 19.4 Å². The van der Waals surface area contributed by atoms with E-state index in [1.54, 1.807) is 24.3 Å². The molecule has 0 saturated heterocycles. The molecule has 0 saturated carbocycles. The van der Waals surface area contributed by atoms with E-state index in [9.17, 15) is 14.7 Å². The Kier molecular flexibility index (Phi) is 3.70. The van der Waals surface area contributed by atoms with Gasteiger partial charge in [-0.25, -0.2) is 4.79 Å². The van der Waals surface area contributed by atoms with Crippen molar-refractivity contribution in [1.82, 2.24) is 10.6 Å². The zero-order valence-corrected chi connectivity index (χ0v) is 10.3. The second-order valence-electron chi connectivity index (χ2n) is 3.95. The van der Waals surface area contributed by atoms with Gasteiger partial charge in [0.1, 0.15) is 5.75 Å². The predicted octanol–water partition coefficient (Wildman–Crippen LogP) is 0.0730. The topological polar surface area (TPSA) is 90.5 Å². The fourth-order valence-electron chi connectivity index (χ4n) is 1.79. The number of urea groups is 1. The Morgan fingerprint density at radius 2 is 2.05 bits per heavy atom. The monoisotopic (exact) mass is 261 g/mol. The van der Waals surface area contributed by atoms with Crippen molar-refractivity contribution in [2.45, 2.75) is 13.0 Å². The van der Waals surface area contributed by atoms with Crippen molar-refractivity contribution in [2.75, 3.05) is 6.61 Å². The van der Waals surface area contributed by atoms with E-state index in [-0.39, 0.29) is 5.70 Å². The van der Waals surface area contributed by atoms with E-state index in [4.69, 9.17) is 4.74 Å². The van der Waals surface area contributed by atoms with Gasteiger partial charge < -0.3 is 25.3 Å². The van der Waals surface area contributed by atoms with Crippen LogP contribution in [0.2, 0.25) is 0 Å². The number of aliphatic carboxylic acids is 1. The van der Waals surface area contributed by atoms with E-state index >= 15 is 0 Å². The van der Waals surface area contributed by atoms with E-state index in [1.165, 1.54) is 6.08 Å². The predicted molar refractivity (Wildman–Crippen MR) is 65.1 cm³/mol. The first-order chi connectivity index (χ1) is 9.10. The molecule has 1 aromatic carbocycles. The maximum atomic E-state index is 11.4. The summed E-state index contributed by atoms with van der Waals surface area (Å²) in [5.74, 6) is -0.693. The van der Waals surface area contributed by atoms with Gasteiger partial charge in [-0.2, -0.15) is 0 Å². The Morgan fingerprint density at radius 1 is 1.37 bits per heavy atom. The summed E-state index contributed by atoms with van der Waals surface area (Å²) in [6.45, 7) is 2.45. The van der Waals surface area contributed by atoms with Gasteiger partial charge in [0.25, 0.3) is 0 Å². The van der Waals surface area contributed by atoms with E-state index in [0.29, 0.717) is 6.61 Å². The summed E-state index contributed by atoms with van der Waals surface area (Å²) in [6.07, 6.45) is 1.40. The molecule has 0 radical (unpaired) electrons. The third-order valence-electron chi connectivity index (χ3n) is 2.64. The van der Waals surface area contributed by atoms with Gasteiger partial charge in [0.2, 0.25) is 0 Å². The van der Waals surface area contributed by atoms with Gasteiger partial charge in [-0.15, -0.1) is 0 Å². The van der Waals surface area contributed by atoms with Crippen LogP contribution in [0.25, 0.3) is 0 Å². The lowest BCUT2D eigenvalue weighted by atomic mass is 10.0. The summed E-state index contributed by atoms with van der Waals surface area (Å²) in [4.78, 5) is 22.1. The second-order valence-corrected chi connectivity index (χ2v) is 3.95. The number of rotatable bonds is 4. The van der Waals surface area contributed by atoms with Crippen LogP contribution in [-0.4, -0.2) is 18.6 Å². The average molecular weight is 261 g/mol. The molecule has 2 N–H and O–H groups in total. The normalized spacial score (nSPS) is 18.1. The van der Waals surface area contributed by atoms with Crippen molar-refractivity contribution in [2.24, 2.45) is 0 Å². The van der Waals surface area contributed by atoms with Crippen LogP contribution in [0.4, 0.5) is 4.79 Å². The fourth-order valence-corrected chi connectivity index (χ4v) is 1.79. The first-order valence-corrected chi connectivity index (χ1v) is 5.83. The summed E-state index contributed by atoms with van der Waals surface area (Å²) in [7, 11) is 0. The molecule has 6 nitrogen and oxygen atoms in total.